The van der Waals surface area contributed by atoms with Crippen LogP contribution in [-0.4, -0.2) is 59.7 Å². The number of thioether (sulfide) groups is 1. The summed E-state index contributed by atoms with van der Waals surface area (Å²) in [4.78, 5) is 13.4. The molecule has 1 atom stereocenters. The van der Waals surface area contributed by atoms with Crippen molar-refractivity contribution in [3.63, 3.8) is 0 Å². The van der Waals surface area contributed by atoms with Gasteiger partial charge in [-0.1, -0.05) is 0 Å². The SMILES string of the molecule is CCN(CC)C(=O)CNCC(C)(O)CSC. The maximum absolute atomic E-state index is 11.6. The minimum atomic E-state index is -0.747. The molecule has 0 saturated carbocycles. The lowest BCUT2D eigenvalue weighted by atomic mass is 10.1. The molecule has 5 heteroatoms. The molecule has 96 valence electrons. The van der Waals surface area contributed by atoms with Crippen molar-refractivity contribution >= 4 is 17.7 Å². The Hall–Kier alpha value is -0.260. The molecule has 0 rings (SSSR count). The summed E-state index contributed by atoms with van der Waals surface area (Å²) >= 11 is 1.60. The predicted molar refractivity (Wildman–Crippen MR) is 69.8 cm³/mol. The smallest absolute Gasteiger partial charge is 0.236 e. The Labute approximate surface area is 103 Å². The normalized spacial score (nSPS) is 14.6. The highest BCUT2D eigenvalue weighted by Gasteiger charge is 2.19. The lowest BCUT2D eigenvalue weighted by Gasteiger charge is -2.24. The molecule has 0 aliphatic heterocycles. The first-order valence-corrected chi connectivity index (χ1v) is 7.06. The fourth-order valence-corrected chi connectivity index (χ4v) is 2.21. The summed E-state index contributed by atoms with van der Waals surface area (Å²) < 4.78 is 0. The number of nitrogens with one attached hydrogen (secondary N) is 1. The second-order valence-corrected chi connectivity index (χ2v) is 4.97. The number of amides is 1. The molecule has 1 amide bonds. The fraction of sp³-hybridized carbons (Fsp3) is 0.909. The van der Waals surface area contributed by atoms with Crippen molar-refractivity contribution in [2.75, 3.05) is 38.2 Å². The lowest BCUT2D eigenvalue weighted by molar-refractivity contribution is -0.129. The highest BCUT2D eigenvalue weighted by Crippen LogP contribution is 2.08. The minimum absolute atomic E-state index is 0.0879. The quantitative estimate of drug-likeness (QED) is 0.659. The van der Waals surface area contributed by atoms with Gasteiger partial charge in [-0.15, -0.1) is 0 Å². The van der Waals surface area contributed by atoms with E-state index in [4.69, 9.17) is 0 Å². The Morgan fingerprint density at radius 3 is 2.44 bits per heavy atom. The molecular weight excluding hydrogens is 224 g/mol. The van der Waals surface area contributed by atoms with Crippen molar-refractivity contribution in [1.29, 1.82) is 0 Å². The molecular formula is C11H24N2O2S. The molecule has 0 radical (unpaired) electrons. The Balaban J connectivity index is 3.85. The van der Waals surface area contributed by atoms with E-state index in [0.717, 1.165) is 13.1 Å². The number of carbonyl (C=O) groups is 1. The van der Waals surface area contributed by atoms with Gasteiger partial charge < -0.3 is 15.3 Å². The van der Waals surface area contributed by atoms with Crippen molar-refractivity contribution in [3.05, 3.63) is 0 Å². The van der Waals surface area contributed by atoms with Crippen LogP contribution in [-0.2, 0) is 4.79 Å². The third-order valence-corrected chi connectivity index (χ3v) is 3.26. The Kier molecular flexibility index (Phi) is 7.80. The van der Waals surface area contributed by atoms with Gasteiger partial charge in [-0.25, -0.2) is 0 Å². The van der Waals surface area contributed by atoms with E-state index in [2.05, 4.69) is 5.32 Å². The average molecular weight is 248 g/mol. The first-order valence-electron chi connectivity index (χ1n) is 5.66. The topological polar surface area (TPSA) is 52.6 Å². The number of aliphatic hydroxyl groups is 1. The maximum atomic E-state index is 11.6. The van der Waals surface area contributed by atoms with Gasteiger partial charge in [-0.05, 0) is 27.0 Å². The molecule has 0 saturated heterocycles. The van der Waals surface area contributed by atoms with Gasteiger partial charge in [0.2, 0.25) is 5.91 Å². The van der Waals surface area contributed by atoms with E-state index in [1.165, 1.54) is 0 Å². The molecule has 0 aromatic heterocycles. The Morgan fingerprint density at radius 2 is 2.00 bits per heavy atom. The van der Waals surface area contributed by atoms with Crippen molar-refractivity contribution in [2.24, 2.45) is 0 Å². The van der Waals surface area contributed by atoms with Gasteiger partial charge in [-0.3, -0.25) is 4.79 Å². The van der Waals surface area contributed by atoms with Crippen LogP contribution in [0.2, 0.25) is 0 Å². The molecule has 0 spiro atoms. The first kappa shape index (κ1) is 15.7. The highest BCUT2D eigenvalue weighted by molar-refractivity contribution is 7.98. The zero-order valence-corrected chi connectivity index (χ0v) is 11.6. The van der Waals surface area contributed by atoms with Crippen molar-refractivity contribution < 1.29 is 9.90 Å². The van der Waals surface area contributed by atoms with Crippen LogP contribution in [0.1, 0.15) is 20.8 Å². The van der Waals surface area contributed by atoms with Gasteiger partial charge in [0.05, 0.1) is 12.1 Å². The molecule has 1 unspecified atom stereocenters. The molecule has 4 nitrogen and oxygen atoms in total. The van der Waals surface area contributed by atoms with Crippen LogP contribution < -0.4 is 5.32 Å². The molecule has 0 heterocycles. The zero-order chi connectivity index (χ0) is 12.6. The summed E-state index contributed by atoms with van der Waals surface area (Å²) in [5.41, 5.74) is -0.747. The summed E-state index contributed by atoms with van der Waals surface area (Å²) in [6, 6.07) is 0. The summed E-state index contributed by atoms with van der Waals surface area (Å²) in [7, 11) is 0. The van der Waals surface area contributed by atoms with Crippen LogP contribution in [0.4, 0.5) is 0 Å². The highest BCUT2D eigenvalue weighted by atomic mass is 32.2. The van der Waals surface area contributed by atoms with E-state index >= 15 is 0 Å². The average Bonchev–Trinajstić information content (AvgIpc) is 2.19. The standard InChI is InChI=1S/C11H24N2O2S/c1-5-13(6-2)10(14)7-12-8-11(3,15)9-16-4/h12,15H,5-9H2,1-4H3. The third-order valence-electron chi connectivity index (χ3n) is 2.35. The molecule has 0 bridgehead atoms. The fourth-order valence-electron chi connectivity index (χ4n) is 1.49. The maximum Gasteiger partial charge on any atom is 0.236 e. The predicted octanol–water partition coefficient (Wildman–Crippen LogP) is 0.558. The van der Waals surface area contributed by atoms with Gasteiger partial charge >= 0.3 is 0 Å². The van der Waals surface area contributed by atoms with Crippen LogP contribution in [0.15, 0.2) is 0 Å². The second kappa shape index (κ2) is 7.92. The number of hydrogen-bond acceptors (Lipinski definition) is 4. The van der Waals surface area contributed by atoms with Gasteiger partial charge in [0.25, 0.3) is 0 Å². The van der Waals surface area contributed by atoms with Crippen molar-refractivity contribution in [1.82, 2.24) is 10.2 Å². The largest absolute Gasteiger partial charge is 0.388 e. The molecule has 0 aliphatic rings. The van der Waals surface area contributed by atoms with Gasteiger partial charge in [0.1, 0.15) is 0 Å². The number of carbonyl (C=O) groups excluding carboxylic acids is 1. The molecule has 0 aromatic rings. The monoisotopic (exact) mass is 248 g/mol. The lowest BCUT2D eigenvalue weighted by Crippen LogP contribution is -2.45. The molecule has 16 heavy (non-hydrogen) atoms. The minimum Gasteiger partial charge on any atom is -0.388 e. The van der Waals surface area contributed by atoms with Gasteiger partial charge in [0.15, 0.2) is 0 Å². The Morgan fingerprint density at radius 1 is 1.44 bits per heavy atom. The van der Waals surface area contributed by atoms with E-state index in [1.54, 1.807) is 23.6 Å². The summed E-state index contributed by atoms with van der Waals surface area (Å²) in [6.07, 6.45) is 1.95. The molecule has 2 N–H and O–H groups in total. The van der Waals surface area contributed by atoms with E-state index in [0.29, 0.717) is 18.8 Å². The van der Waals surface area contributed by atoms with Crippen LogP contribution >= 0.6 is 11.8 Å². The van der Waals surface area contributed by atoms with E-state index in [9.17, 15) is 9.90 Å². The molecule has 0 aliphatic carbocycles. The van der Waals surface area contributed by atoms with Crippen molar-refractivity contribution in [2.45, 2.75) is 26.4 Å². The molecule has 0 aromatic carbocycles. The summed E-state index contributed by atoms with van der Waals surface area (Å²) in [5.74, 6) is 0.754. The van der Waals surface area contributed by atoms with Crippen molar-refractivity contribution in [3.8, 4) is 0 Å². The Bertz CT molecular complexity index is 206. The number of hydrogen-bond donors (Lipinski definition) is 2. The van der Waals surface area contributed by atoms with E-state index < -0.39 is 5.60 Å². The second-order valence-electron chi connectivity index (χ2n) is 4.10. The third kappa shape index (κ3) is 6.35. The first-order chi connectivity index (χ1) is 7.46. The zero-order valence-electron chi connectivity index (χ0n) is 10.7. The van der Waals surface area contributed by atoms with Crippen LogP contribution in [0.5, 0.6) is 0 Å². The number of rotatable bonds is 8. The van der Waals surface area contributed by atoms with Gasteiger partial charge in [-0.2, -0.15) is 11.8 Å². The number of likely N-dealkylation sites (N-methyl/N-ethyl adjacent to an activating group) is 1. The van der Waals surface area contributed by atoms with E-state index in [1.807, 2.05) is 20.1 Å². The molecule has 0 fully saturated rings. The van der Waals surface area contributed by atoms with Gasteiger partial charge in [0, 0.05) is 25.4 Å². The number of nitrogens with zero attached hydrogens (tertiary/aromatic N) is 1. The van der Waals surface area contributed by atoms with Crippen LogP contribution in [0.25, 0.3) is 0 Å². The van der Waals surface area contributed by atoms with Crippen LogP contribution in [0.3, 0.4) is 0 Å². The van der Waals surface area contributed by atoms with E-state index in [-0.39, 0.29) is 5.91 Å². The summed E-state index contributed by atoms with van der Waals surface area (Å²) in [6.45, 7) is 7.92. The van der Waals surface area contributed by atoms with Crippen LogP contribution in [0, 0.1) is 0 Å². The summed E-state index contributed by atoms with van der Waals surface area (Å²) in [5, 5.41) is 12.9.